The van der Waals surface area contributed by atoms with Gasteiger partial charge < -0.3 is 14.6 Å². The lowest BCUT2D eigenvalue weighted by molar-refractivity contribution is -0.125. The summed E-state index contributed by atoms with van der Waals surface area (Å²) in [6.45, 7) is 4.09. The van der Waals surface area contributed by atoms with Gasteiger partial charge in [-0.3, -0.25) is 4.79 Å². The third kappa shape index (κ3) is 3.83. The van der Waals surface area contributed by atoms with Crippen molar-refractivity contribution in [2.24, 2.45) is 5.92 Å². The van der Waals surface area contributed by atoms with Gasteiger partial charge in [-0.1, -0.05) is 29.8 Å². The summed E-state index contributed by atoms with van der Waals surface area (Å²) >= 11 is 6.19. The number of anilines is 1. The SMILES string of the molecule is Cc1coc2ncnc(N3CCCC(C(=O)NCCc4ccccc4Cl)C3)c12. The van der Waals surface area contributed by atoms with Crippen molar-refractivity contribution in [2.45, 2.75) is 26.2 Å². The van der Waals surface area contributed by atoms with E-state index in [0.29, 0.717) is 18.8 Å². The van der Waals surface area contributed by atoms with Crippen molar-refractivity contribution in [3.63, 3.8) is 0 Å². The van der Waals surface area contributed by atoms with E-state index in [1.54, 1.807) is 6.26 Å². The number of nitrogens with zero attached hydrogens (tertiary/aromatic N) is 3. The second-order valence-electron chi connectivity index (χ2n) is 7.21. The van der Waals surface area contributed by atoms with Gasteiger partial charge in [0.15, 0.2) is 0 Å². The summed E-state index contributed by atoms with van der Waals surface area (Å²) in [5.41, 5.74) is 2.65. The number of carbonyl (C=O) groups excluding carboxylic acids is 1. The Labute approximate surface area is 168 Å². The number of rotatable bonds is 5. The zero-order valence-corrected chi connectivity index (χ0v) is 16.6. The fraction of sp³-hybridized carbons (Fsp3) is 0.381. The molecule has 146 valence electrons. The number of carbonyl (C=O) groups is 1. The molecule has 4 rings (SSSR count). The van der Waals surface area contributed by atoms with Crippen LogP contribution in [0.5, 0.6) is 0 Å². The Bertz CT molecular complexity index is 987. The maximum Gasteiger partial charge on any atom is 0.231 e. The van der Waals surface area contributed by atoms with Crippen molar-refractivity contribution < 1.29 is 9.21 Å². The van der Waals surface area contributed by atoms with E-state index in [1.807, 2.05) is 31.2 Å². The van der Waals surface area contributed by atoms with Crippen LogP contribution in [-0.4, -0.2) is 35.5 Å². The Morgan fingerprint density at radius 1 is 1.36 bits per heavy atom. The number of aromatic nitrogens is 2. The molecule has 0 bridgehead atoms. The quantitative estimate of drug-likeness (QED) is 0.708. The molecule has 3 heterocycles. The predicted octanol–water partition coefficient (Wildman–Crippen LogP) is 3.76. The second kappa shape index (κ2) is 8.19. The summed E-state index contributed by atoms with van der Waals surface area (Å²) in [6, 6.07) is 7.73. The topological polar surface area (TPSA) is 71.3 Å². The Morgan fingerprint density at radius 3 is 3.07 bits per heavy atom. The molecule has 0 spiro atoms. The number of fused-ring (bicyclic) bond motifs is 1. The predicted molar refractivity (Wildman–Crippen MR) is 110 cm³/mol. The van der Waals surface area contributed by atoms with Crippen molar-refractivity contribution in [1.29, 1.82) is 0 Å². The van der Waals surface area contributed by atoms with Crippen molar-refractivity contribution in [3.8, 4) is 0 Å². The number of benzene rings is 1. The molecule has 2 aromatic heterocycles. The minimum Gasteiger partial charge on any atom is -0.446 e. The fourth-order valence-electron chi connectivity index (χ4n) is 3.79. The molecule has 3 aromatic rings. The number of nitrogens with one attached hydrogen (secondary N) is 1. The van der Waals surface area contributed by atoms with E-state index in [2.05, 4.69) is 20.2 Å². The average molecular weight is 399 g/mol. The van der Waals surface area contributed by atoms with Gasteiger partial charge in [-0.2, -0.15) is 0 Å². The maximum absolute atomic E-state index is 12.7. The van der Waals surface area contributed by atoms with Gasteiger partial charge in [-0.05, 0) is 37.8 Å². The van der Waals surface area contributed by atoms with E-state index in [0.717, 1.165) is 53.2 Å². The Hall–Kier alpha value is -2.60. The van der Waals surface area contributed by atoms with Gasteiger partial charge in [0.1, 0.15) is 12.1 Å². The summed E-state index contributed by atoms with van der Waals surface area (Å²) in [5.74, 6) is 0.882. The summed E-state index contributed by atoms with van der Waals surface area (Å²) in [5, 5.41) is 4.74. The Kier molecular flexibility index (Phi) is 5.48. The lowest BCUT2D eigenvalue weighted by atomic mass is 9.96. The van der Waals surface area contributed by atoms with Crippen molar-refractivity contribution in [2.75, 3.05) is 24.5 Å². The highest BCUT2D eigenvalue weighted by Gasteiger charge is 2.28. The van der Waals surface area contributed by atoms with Gasteiger partial charge in [-0.25, -0.2) is 9.97 Å². The molecule has 1 aliphatic rings. The number of furan rings is 1. The van der Waals surface area contributed by atoms with Crippen LogP contribution in [0.2, 0.25) is 5.02 Å². The van der Waals surface area contributed by atoms with Crippen molar-refractivity contribution >= 4 is 34.4 Å². The van der Waals surface area contributed by atoms with Crippen LogP contribution in [0.4, 0.5) is 5.82 Å². The smallest absolute Gasteiger partial charge is 0.231 e. The average Bonchev–Trinajstić information content (AvgIpc) is 3.10. The molecule has 1 unspecified atom stereocenters. The molecule has 0 radical (unpaired) electrons. The summed E-state index contributed by atoms with van der Waals surface area (Å²) in [7, 11) is 0. The highest BCUT2D eigenvalue weighted by Crippen LogP contribution is 2.30. The molecule has 1 aromatic carbocycles. The molecular formula is C21H23ClN4O2. The first kappa shape index (κ1) is 18.7. The second-order valence-corrected chi connectivity index (χ2v) is 7.62. The van der Waals surface area contributed by atoms with Crippen LogP contribution in [-0.2, 0) is 11.2 Å². The molecule has 28 heavy (non-hydrogen) atoms. The van der Waals surface area contributed by atoms with Gasteiger partial charge in [-0.15, -0.1) is 0 Å². The first-order valence-corrected chi connectivity index (χ1v) is 9.96. The zero-order valence-electron chi connectivity index (χ0n) is 15.8. The van der Waals surface area contributed by atoms with E-state index in [4.69, 9.17) is 16.0 Å². The summed E-state index contributed by atoms with van der Waals surface area (Å²) in [6.07, 6.45) is 5.78. The third-order valence-electron chi connectivity index (χ3n) is 5.28. The van der Waals surface area contributed by atoms with Crippen LogP contribution in [0.3, 0.4) is 0 Å². The lowest BCUT2D eigenvalue weighted by Crippen LogP contribution is -2.43. The monoisotopic (exact) mass is 398 g/mol. The van der Waals surface area contributed by atoms with E-state index >= 15 is 0 Å². The number of halogens is 1. The Morgan fingerprint density at radius 2 is 2.21 bits per heavy atom. The number of hydrogen-bond acceptors (Lipinski definition) is 5. The molecule has 1 N–H and O–H groups in total. The molecule has 6 nitrogen and oxygen atoms in total. The molecule has 1 aliphatic heterocycles. The molecule has 1 saturated heterocycles. The van der Waals surface area contributed by atoms with Gasteiger partial charge in [0.2, 0.25) is 11.6 Å². The maximum atomic E-state index is 12.7. The molecular weight excluding hydrogens is 376 g/mol. The molecule has 1 fully saturated rings. The van der Waals surface area contributed by atoms with Gasteiger partial charge in [0.25, 0.3) is 0 Å². The zero-order chi connectivity index (χ0) is 19.5. The van der Waals surface area contributed by atoms with E-state index in [9.17, 15) is 4.79 Å². The van der Waals surface area contributed by atoms with E-state index < -0.39 is 0 Å². The van der Waals surface area contributed by atoms with Crippen LogP contribution in [0.1, 0.15) is 24.0 Å². The number of piperidine rings is 1. The molecule has 0 aliphatic carbocycles. The highest BCUT2D eigenvalue weighted by molar-refractivity contribution is 6.31. The highest BCUT2D eigenvalue weighted by atomic mass is 35.5. The van der Waals surface area contributed by atoms with E-state index in [-0.39, 0.29) is 11.8 Å². The van der Waals surface area contributed by atoms with Crippen LogP contribution in [0, 0.1) is 12.8 Å². The first-order chi connectivity index (χ1) is 13.6. The fourth-order valence-corrected chi connectivity index (χ4v) is 4.02. The van der Waals surface area contributed by atoms with Crippen LogP contribution >= 0.6 is 11.6 Å². The van der Waals surface area contributed by atoms with Gasteiger partial charge >= 0.3 is 0 Å². The summed E-state index contributed by atoms with van der Waals surface area (Å²) in [4.78, 5) is 23.6. The van der Waals surface area contributed by atoms with Crippen molar-refractivity contribution in [1.82, 2.24) is 15.3 Å². The number of amides is 1. The van der Waals surface area contributed by atoms with Crippen molar-refractivity contribution in [3.05, 3.63) is 53.0 Å². The number of aryl methyl sites for hydroxylation is 1. The first-order valence-electron chi connectivity index (χ1n) is 9.58. The molecule has 1 amide bonds. The molecule has 0 saturated carbocycles. The minimum atomic E-state index is -0.0581. The minimum absolute atomic E-state index is 0.0581. The largest absolute Gasteiger partial charge is 0.446 e. The normalized spacial score (nSPS) is 17.1. The summed E-state index contributed by atoms with van der Waals surface area (Å²) < 4.78 is 5.49. The van der Waals surface area contributed by atoms with E-state index in [1.165, 1.54) is 6.33 Å². The molecule has 7 heteroatoms. The van der Waals surface area contributed by atoms with Crippen LogP contribution in [0.25, 0.3) is 11.1 Å². The Balaban J connectivity index is 1.40. The van der Waals surface area contributed by atoms with Crippen LogP contribution < -0.4 is 10.2 Å². The molecule has 1 atom stereocenters. The third-order valence-corrected chi connectivity index (χ3v) is 5.65. The number of hydrogen-bond donors (Lipinski definition) is 1. The standard InChI is InChI=1S/C21H23ClN4O2/c1-14-12-28-21-18(14)19(24-13-25-21)26-10-4-6-16(11-26)20(27)23-9-8-15-5-2-3-7-17(15)22/h2-3,5,7,12-13,16H,4,6,8-11H2,1H3,(H,23,27). The van der Waals surface area contributed by atoms with Crippen LogP contribution in [0.15, 0.2) is 41.3 Å². The van der Waals surface area contributed by atoms with Gasteiger partial charge in [0.05, 0.1) is 17.6 Å². The van der Waals surface area contributed by atoms with Gasteiger partial charge in [0, 0.05) is 30.2 Å². The lowest BCUT2D eigenvalue weighted by Gasteiger charge is -2.33.